The molecule has 0 radical (unpaired) electrons. The minimum atomic E-state index is -1.45. The van der Waals surface area contributed by atoms with Gasteiger partial charge in [-0.2, -0.15) is 0 Å². The van der Waals surface area contributed by atoms with Crippen LogP contribution in [0.5, 0.6) is 0 Å². The quantitative estimate of drug-likeness (QED) is 0.499. The summed E-state index contributed by atoms with van der Waals surface area (Å²) < 4.78 is 1.25. The van der Waals surface area contributed by atoms with Crippen LogP contribution in [0, 0.1) is 0 Å². The van der Waals surface area contributed by atoms with Crippen molar-refractivity contribution in [1.82, 2.24) is 0 Å². The van der Waals surface area contributed by atoms with E-state index in [9.17, 15) is 0 Å². The van der Waals surface area contributed by atoms with E-state index in [4.69, 9.17) is 27.4 Å². The van der Waals surface area contributed by atoms with E-state index in [2.05, 4.69) is 0 Å². The Hall–Kier alpha value is -0.745. The molecular formula is C8H7BClNO2S. The summed E-state index contributed by atoms with van der Waals surface area (Å²) in [5.41, 5.74) is 6.12. The number of benzene rings is 1. The molecule has 0 spiro atoms. The average Bonchev–Trinajstić information content (AvgIpc) is 2.56. The second-order valence-electron chi connectivity index (χ2n) is 2.91. The molecule has 0 bridgehead atoms. The number of halogens is 1. The van der Waals surface area contributed by atoms with Crippen LogP contribution in [0.15, 0.2) is 18.2 Å². The van der Waals surface area contributed by atoms with E-state index < -0.39 is 7.12 Å². The summed E-state index contributed by atoms with van der Waals surface area (Å²) in [6.45, 7) is 0. The van der Waals surface area contributed by atoms with Gasteiger partial charge in [0.1, 0.15) is 0 Å². The molecule has 3 nitrogen and oxygen atoms in total. The molecule has 14 heavy (non-hydrogen) atoms. The van der Waals surface area contributed by atoms with Crippen LogP contribution in [0.25, 0.3) is 10.1 Å². The first-order valence-corrected chi connectivity index (χ1v) is 5.12. The van der Waals surface area contributed by atoms with Crippen molar-refractivity contribution in [2.24, 2.45) is 0 Å². The third kappa shape index (κ3) is 1.48. The zero-order valence-corrected chi connectivity index (χ0v) is 8.64. The van der Waals surface area contributed by atoms with E-state index in [1.165, 1.54) is 11.3 Å². The van der Waals surface area contributed by atoms with Crippen molar-refractivity contribution < 1.29 is 10.0 Å². The van der Waals surface area contributed by atoms with Crippen molar-refractivity contribution in [3.63, 3.8) is 0 Å². The lowest BCUT2D eigenvalue weighted by Gasteiger charge is -1.97. The summed E-state index contributed by atoms with van der Waals surface area (Å²) in [4.78, 5) is 0. The van der Waals surface area contributed by atoms with Gasteiger partial charge in [0.15, 0.2) is 0 Å². The zero-order chi connectivity index (χ0) is 10.3. The number of fused-ring (bicyclic) bond motifs is 1. The largest absolute Gasteiger partial charge is 0.499 e. The molecule has 1 heterocycles. The molecule has 2 rings (SSSR count). The van der Waals surface area contributed by atoms with Gasteiger partial charge in [0, 0.05) is 4.78 Å². The molecule has 1 aromatic carbocycles. The summed E-state index contributed by atoms with van der Waals surface area (Å²) in [7, 11) is -1.45. The Bertz CT molecular complexity index is 485. The average molecular weight is 227 g/mol. The van der Waals surface area contributed by atoms with Crippen LogP contribution in [0.4, 0.5) is 5.69 Å². The van der Waals surface area contributed by atoms with Crippen molar-refractivity contribution in [2.45, 2.75) is 0 Å². The Morgan fingerprint density at radius 1 is 1.36 bits per heavy atom. The Balaban J connectivity index is 2.71. The molecule has 0 unspecified atom stereocenters. The van der Waals surface area contributed by atoms with Crippen LogP contribution < -0.4 is 10.5 Å². The van der Waals surface area contributed by atoms with Crippen molar-refractivity contribution in [1.29, 1.82) is 0 Å². The Labute approximate surface area is 89.9 Å². The number of hydrogen-bond acceptors (Lipinski definition) is 4. The van der Waals surface area contributed by atoms with Gasteiger partial charge in [-0.3, -0.25) is 0 Å². The fourth-order valence-corrected chi connectivity index (χ4v) is 2.50. The fourth-order valence-electron chi connectivity index (χ4n) is 1.23. The summed E-state index contributed by atoms with van der Waals surface area (Å²) in [5.74, 6) is 0. The molecule has 0 aliphatic heterocycles. The topological polar surface area (TPSA) is 66.5 Å². The number of hydrogen-bond donors (Lipinski definition) is 3. The summed E-state index contributed by atoms with van der Waals surface area (Å²) in [5, 5.41) is 19.3. The van der Waals surface area contributed by atoms with E-state index in [1.807, 2.05) is 0 Å². The SMILES string of the molecule is Nc1ccc2cc(B(O)O)sc2c1Cl. The monoisotopic (exact) mass is 227 g/mol. The van der Waals surface area contributed by atoms with Crippen molar-refractivity contribution >= 4 is 50.6 Å². The maximum absolute atomic E-state index is 8.98. The minimum Gasteiger partial charge on any atom is -0.423 e. The van der Waals surface area contributed by atoms with E-state index >= 15 is 0 Å². The van der Waals surface area contributed by atoms with Crippen LogP contribution in [0.3, 0.4) is 0 Å². The molecule has 0 saturated heterocycles. The molecule has 0 amide bonds. The van der Waals surface area contributed by atoms with E-state index in [-0.39, 0.29) is 0 Å². The third-order valence-corrected chi connectivity index (χ3v) is 3.66. The van der Waals surface area contributed by atoms with Crippen LogP contribution >= 0.6 is 22.9 Å². The van der Waals surface area contributed by atoms with E-state index in [0.29, 0.717) is 15.5 Å². The number of thiophene rings is 1. The van der Waals surface area contributed by atoms with Gasteiger partial charge in [-0.25, -0.2) is 0 Å². The van der Waals surface area contributed by atoms with Gasteiger partial charge in [-0.15, -0.1) is 11.3 Å². The molecule has 0 fully saturated rings. The van der Waals surface area contributed by atoms with Crippen LogP contribution in [-0.4, -0.2) is 17.2 Å². The summed E-state index contributed by atoms with van der Waals surface area (Å²) in [6.07, 6.45) is 0. The van der Waals surface area contributed by atoms with Crippen LogP contribution in [0.1, 0.15) is 0 Å². The first-order valence-electron chi connectivity index (χ1n) is 3.93. The first-order chi connectivity index (χ1) is 6.59. The van der Waals surface area contributed by atoms with Crippen molar-refractivity contribution in [3.8, 4) is 0 Å². The normalized spacial score (nSPS) is 10.8. The van der Waals surface area contributed by atoms with Gasteiger partial charge in [0.05, 0.1) is 15.4 Å². The van der Waals surface area contributed by atoms with Gasteiger partial charge in [0.2, 0.25) is 0 Å². The highest BCUT2D eigenvalue weighted by Gasteiger charge is 2.16. The fraction of sp³-hybridized carbons (Fsp3) is 0. The van der Waals surface area contributed by atoms with Crippen molar-refractivity contribution in [3.05, 3.63) is 23.2 Å². The van der Waals surface area contributed by atoms with Gasteiger partial charge in [0.25, 0.3) is 0 Å². The highest BCUT2D eigenvalue weighted by Crippen LogP contribution is 2.32. The molecule has 2 aromatic rings. The second kappa shape index (κ2) is 3.44. The number of nitrogens with two attached hydrogens (primary N) is 1. The molecule has 0 atom stereocenters. The molecule has 6 heteroatoms. The van der Waals surface area contributed by atoms with Crippen molar-refractivity contribution in [2.75, 3.05) is 5.73 Å². The molecule has 1 aromatic heterocycles. The van der Waals surface area contributed by atoms with Gasteiger partial charge in [-0.1, -0.05) is 17.7 Å². The predicted octanol–water partition coefficient (Wildman–Crippen LogP) is 0.817. The number of nitrogen functional groups attached to an aromatic ring is 1. The third-order valence-electron chi connectivity index (χ3n) is 1.93. The number of anilines is 1. The standard InChI is InChI=1S/C8H7BClNO2S/c10-7-5(11)2-1-4-3-6(9(12)13)14-8(4)7/h1-3,12-13H,11H2. The summed E-state index contributed by atoms with van der Waals surface area (Å²) >= 11 is 7.20. The maximum atomic E-state index is 8.98. The lowest BCUT2D eigenvalue weighted by atomic mass is 9.89. The predicted molar refractivity (Wildman–Crippen MR) is 61.1 cm³/mol. The van der Waals surface area contributed by atoms with Crippen LogP contribution in [0.2, 0.25) is 5.02 Å². The maximum Gasteiger partial charge on any atom is 0.499 e. The lowest BCUT2D eigenvalue weighted by molar-refractivity contribution is 0.427. The first kappa shape index (κ1) is 9.80. The molecule has 0 aliphatic carbocycles. The molecule has 72 valence electrons. The Kier molecular flexibility index (Phi) is 2.40. The van der Waals surface area contributed by atoms with Gasteiger partial charge in [-0.05, 0) is 17.5 Å². The Morgan fingerprint density at radius 3 is 2.71 bits per heavy atom. The molecular weight excluding hydrogens is 220 g/mol. The zero-order valence-electron chi connectivity index (χ0n) is 7.07. The lowest BCUT2D eigenvalue weighted by Crippen LogP contribution is -2.26. The number of rotatable bonds is 1. The summed E-state index contributed by atoms with van der Waals surface area (Å²) in [6, 6.07) is 5.19. The Morgan fingerprint density at radius 2 is 2.07 bits per heavy atom. The minimum absolute atomic E-state index is 0.465. The van der Waals surface area contributed by atoms with Gasteiger partial charge >= 0.3 is 7.12 Å². The molecule has 4 N–H and O–H groups in total. The van der Waals surface area contributed by atoms with Gasteiger partial charge < -0.3 is 15.8 Å². The van der Waals surface area contributed by atoms with E-state index in [0.717, 1.165) is 10.1 Å². The smallest absolute Gasteiger partial charge is 0.423 e. The van der Waals surface area contributed by atoms with Crippen LogP contribution in [-0.2, 0) is 0 Å². The van der Waals surface area contributed by atoms with E-state index in [1.54, 1.807) is 18.2 Å². The molecule has 0 saturated carbocycles. The highest BCUT2D eigenvalue weighted by molar-refractivity contribution is 7.28. The highest BCUT2D eigenvalue weighted by atomic mass is 35.5. The molecule has 0 aliphatic rings. The second-order valence-corrected chi connectivity index (χ2v) is 4.37.